The summed E-state index contributed by atoms with van der Waals surface area (Å²) in [6.07, 6.45) is 0. The van der Waals surface area contributed by atoms with Crippen LogP contribution in [0.2, 0.25) is 0 Å². The van der Waals surface area contributed by atoms with E-state index in [-0.39, 0.29) is 6.04 Å². The summed E-state index contributed by atoms with van der Waals surface area (Å²) < 4.78 is 0. The van der Waals surface area contributed by atoms with E-state index in [4.69, 9.17) is 5.21 Å². The zero-order valence-corrected chi connectivity index (χ0v) is 6.77. The zero-order chi connectivity index (χ0) is 7.68. The van der Waals surface area contributed by atoms with E-state index in [0.29, 0.717) is 0 Å². The molecular weight excluding hydrogens is 158 g/mol. The molecule has 1 aromatic rings. The molecule has 2 N–H and O–H groups in total. The molecule has 2 nitrogen and oxygen atoms in total. The Bertz CT molecular complexity index is 264. The SMILES string of the molecule is ONC1CSc2ccccc21. The third-order valence-electron chi connectivity index (χ3n) is 1.86. The summed E-state index contributed by atoms with van der Waals surface area (Å²) in [5.41, 5.74) is 3.51. The lowest BCUT2D eigenvalue weighted by molar-refractivity contribution is 0.135. The van der Waals surface area contributed by atoms with Gasteiger partial charge in [-0.2, -0.15) is 5.48 Å². The van der Waals surface area contributed by atoms with Crippen LogP contribution in [0.25, 0.3) is 0 Å². The van der Waals surface area contributed by atoms with Gasteiger partial charge in [0.15, 0.2) is 0 Å². The molecule has 0 aromatic heterocycles. The molecule has 0 aliphatic carbocycles. The molecule has 1 aromatic carbocycles. The Hall–Kier alpha value is -0.510. The molecule has 3 heteroatoms. The van der Waals surface area contributed by atoms with Gasteiger partial charge < -0.3 is 5.21 Å². The Kier molecular flexibility index (Phi) is 1.85. The Balaban J connectivity index is 2.39. The van der Waals surface area contributed by atoms with Gasteiger partial charge in [-0.3, -0.25) is 0 Å². The molecule has 11 heavy (non-hydrogen) atoms. The minimum absolute atomic E-state index is 0.121. The average Bonchev–Trinajstić information content (AvgIpc) is 2.47. The molecular formula is C8H9NOS. The van der Waals surface area contributed by atoms with Crippen LogP contribution >= 0.6 is 11.8 Å². The second-order valence-electron chi connectivity index (χ2n) is 2.53. The maximum Gasteiger partial charge on any atom is 0.0673 e. The first-order valence-electron chi connectivity index (χ1n) is 3.53. The molecule has 0 spiro atoms. The minimum Gasteiger partial charge on any atom is -0.316 e. The molecule has 58 valence electrons. The maximum absolute atomic E-state index is 8.75. The van der Waals surface area contributed by atoms with Crippen LogP contribution < -0.4 is 5.48 Å². The third kappa shape index (κ3) is 1.15. The molecule has 1 atom stereocenters. The summed E-state index contributed by atoms with van der Waals surface area (Å²) in [4.78, 5) is 1.28. The van der Waals surface area contributed by atoms with Crippen molar-refractivity contribution in [3.05, 3.63) is 29.8 Å². The zero-order valence-electron chi connectivity index (χ0n) is 5.95. The molecule has 1 unspecified atom stereocenters. The average molecular weight is 167 g/mol. The molecule has 0 saturated heterocycles. The molecule has 1 heterocycles. The van der Waals surface area contributed by atoms with Gasteiger partial charge in [-0.15, -0.1) is 11.8 Å². The molecule has 0 amide bonds. The molecule has 0 bridgehead atoms. The van der Waals surface area contributed by atoms with Crippen molar-refractivity contribution in [1.29, 1.82) is 0 Å². The van der Waals surface area contributed by atoms with Crippen molar-refractivity contribution in [3.63, 3.8) is 0 Å². The van der Waals surface area contributed by atoms with Gasteiger partial charge in [-0.1, -0.05) is 18.2 Å². The van der Waals surface area contributed by atoms with Crippen LogP contribution in [-0.2, 0) is 0 Å². The number of rotatable bonds is 1. The fourth-order valence-electron chi connectivity index (χ4n) is 1.27. The Morgan fingerprint density at radius 2 is 2.27 bits per heavy atom. The molecule has 1 aliphatic heterocycles. The van der Waals surface area contributed by atoms with E-state index in [1.54, 1.807) is 11.8 Å². The monoisotopic (exact) mass is 167 g/mol. The van der Waals surface area contributed by atoms with Crippen LogP contribution in [0.5, 0.6) is 0 Å². The first-order valence-corrected chi connectivity index (χ1v) is 4.51. The standard InChI is InChI=1S/C8H9NOS/c10-9-7-5-11-8-4-2-1-3-6(7)8/h1-4,7,9-10H,5H2. The maximum atomic E-state index is 8.75. The van der Waals surface area contributed by atoms with Gasteiger partial charge in [0.25, 0.3) is 0 Å². The Morgan fingerprint density at radius 3 is 3.09 bits per heavy atom. The quantitative estimate of drug-likeness (QED) is 0.626. The van der Waals surface area contributed by atoms with Crippen LogP contribution in [0.3, 0.4) is 0 Å². The summed E-state index contributed by atoms with van der Waals surface area (Å²) in [6, 6.07) is 8.26. The summed E-state index contributed by atoms with van der Waals surface area (Å²) in [7, 11) is 0. The van der Waals surface area contributed by atoms with E-state index >= 15 is 0 Å². The van der Waals surface area contributed by atoms with Crippen molar-refractivity contribution >= 4 is 11.8 Å². The smallest absolute Gasteiger partial charge is 0.0673 e. The third-order valence-corrected chi connectivity index (χ3v) is 3.04. The molecule has 1 aliphatic rings. The van der Waals surface area contributed by atoms with Crippen LogP contribution in [-0.4, -0.2) is 11.0 Å². The number of hydrogen-bond donors (Lipinski definition) is 2. The largest absolute Gasteiger partial charge is 0.316 e. The fourth-order valence-corrected chi connectivity index (χ4v) is 2.42. The lowest BCUT2D eigenvalue weighted by Gasteiger charge is -2.05. The lowest BCUT2D eigenvalue weighted by atomic mass is 10.1. The number of hydroxylamine groups is 1. The molecule has 0 fully saturated rings. The highest BCUT2D eigenvalue weighted by Crippen LogP contribution is 2.37. The molecule has 2 rings (SSSR count). The van der Waals surface area contributed by atoms with E-state index in [0.717, 1.165) is 5.75 Å². The van der Waals surface area contributed by atoms with Gasteiger partial charge in [0.05, 0.1) is 6.04 Å². The van der Waals surface area contributed by atoms with Crippen molar-refractivity contribution in [2.45, 2.75) is 10.9 Å². The molecule has 0 saturated carbocycles. The van der Waals surface area contributed by atoms with E-state index < -0.39 is 0 Å². The first-order chi connectivity index (χ1) is 5.42. The topological polar surface area (TPSA) is 32.3 Å². The van der Waals surface area contributed by atoms with Gasteiger partial charge in [0.2, 0.25) is 0 Å². The van der Waals surface area contributed by atoms with E-state index in [1.165, 1.54) is 10.5 Å². The van der Waals surface area contributed by atoms with Crippen molar-refractivity contribution < 1.29 is 5.21 Å². The van der Waals surface area contributed by atoms with Crippen LogP contribution in [0.15, 0.2) is 29.2 Å². The van der Waals surface area contributed by atoms with E-state index in [2.05, 4.69) is 11.5 Å². The highest BCUT2D eigenvalue weighted by Gasteiger charge is 2.21. The van der Waals surface area contributed by atoms with Crippen LogP contribution in [0.4, 0.5) is 0 Å². The highest BCUT2D eigenvalue weighted by molar-refractivity contribution is 7.99. The van der Waals surface area contributed by atoms with Gasteiger partial charge >= 0.3 is 0 Å². The predicted molar refractivity (Wildman–Crippen MR) is 44.8 cm³/mol. The van der Waals surface area contributed by atoms with Crippen LogP contribution in [0.1, 0.15) is 11.6 Å². The summed E-state index contributed by atoms with van der Waals surface area (Å²) in [5, 5.41) is 8.75. The summed E-state index contributed by atoms with van der Waals surface area (Å²) >= 11 is 1.78. The second kappa shape index (κ2) is 2.85. The first kappa shape index (κ1) is 7.16. The number of benzene rings is 1. The van der Waals surface area contributed by atoms with Crippen molar-refractivity contribution in [2.24, 2.45) is 0 Å². The van der Waals surface area contributed by atoms with Gasteiger partial charge in [0, 0.05) is 10.6 Å². The van der Waals surface area contributed by atoms with Crippen molar-refractivity contribution in [3.8, 4) is 0 Å². The summed E-state index contributed by atoms with van der Waals surface area (Å²) in [5.74, 6) is 0.926. The van der Waals surface area contributed by atoms with Crippen molar-refractivity contribution in [1.82, 2.24) is 5.48 Å². The lowest BCUT2D eigenvalue weighted by Crippen LogP contribution is -2.15. The number of thioether (sulfide) groups is 1. The Morgan fingerprint density at radius 1 is 1.45 bits per heavy atom. The Labute approximate surface area is 69.6 Å². The number of hydrogen-bond acceptors (Lipinski definition) is 3. The van der Waals surface area contributed by atoms with E-state index in [1.807, 2.05) is 18.2 Å². The van der Waals surface area contributed by atoms with Gasteiger partial charge in [-0.05, 0) is 11.6 Å². The van der Waals surface area contributed by atoms with Crippen LogP contribution in [0, 0.1) is 0 Å². The van der Waals surface area contributed by atoms with Gasteiger partial charge in [0.1, 0.15) is 0 Å². The predicted octanol–water partition coefficient (Wildman–Crippen LogP) is 1.81. The fraction of sp³-hybridized carbons (Fsp3) is 0.250. The number of fused-ring (bicyclic) bond motifs is 1. The highest BCUT2D eigenvalue weighted by atomic mass is 32.2. The molecule has 0 radical (unpaired) electrons. The number of nitrogens with one attached hydrogen (secondary N) is 1. The minimum atomic E-state index is 0.121. The van der Waals surface area contributed by atoms with E-state index in [9.17, 15) is 0 Å². The van der Waals surface area contributed by atoms with Crippen molar-refractivity contribution in [2.75, 3.05) is 5.75 Å². The second-order valence-corrected chi connectivity index (χ2v) is 3.59. The van der Waals surface area contributed by atoms with Gasteiger partial charge in [-0.25, -0.2) is 0 Å². The summed E-state index contributed by atoms with van der Waals surface area (Å²) in [6.45, 7) is 0. The normalized spacial score (nSPS) is 21.7.